The Bertz CT molecular complexity index is 570. The van der Waals surface area contributed by atoms with Crippen LogP contribution in [0.15, 0.2) is 6.07 Å². The monoisotopic (exact) mass is 275 g/mol. The van der Waals surface area contributed by atoms with E-state index in [0.717, 1.165) is 11.3 Å². The number of carbonyl (C=O) groups is 1. The van der Waals surface area contributed by atoms with Crippen molar-refractivity contribution in [2.45, 2.75) is 39.4 Å². The molecule has 0 saturated carbocycles. The van der Waals surface area contributed by atoms with Gasteiger partial charge in [-0.1, -0.05) is 0 Å². The van der Waals surface area contributed by atoms with Crippen LogP contribution in [0.2, 0.25) is 0 Å². The van der Waals surface area contributed by atoms with E-state index in [0.29, 0.717) is 25.2 Å². The Labute approximate surface area is 117 Å². The number of ether oxygens (including phenoxy) is 2. The van der Waals surface area contributed by atoms with Gasteiger partial charge in [0.15, 0.2) is 5.82 Å². The largest absolute Gasteiger partial charge is 0.444 e. The molecule has 0 bridgehead atoms. The van der Waals surface area contributed by atoms with Gasteiger partial charge in [0.25, 0.3) is 0 Å². The van der Waals surface area contributed by atoms with Crippen LogP contribution in [-0.2, 0) is 22.5 Å². The minimum Gasteiger partial charge on any atom is -0.444 e. The number of carbonyl (C=O) groups excluding carboxylic acids is 1. The molecule has 6 nitrogen and oxygen atoms in total. The Hall–Kier alpha value is -2.13. The first-order valence-corrected chi connectivity index (χ1v) is 6.40. The van der Waals surface area contributed by atoms with Gasteiger partial charge in [-0.25, -0.2) is 9.78 Å². The quantitative estimate of drug-likeness (QED) is 0.850. The van der Waals surface area contributed by atoms with Crippen LogP contribution in [0.1, 0.15) is 37.6 Å². The molecule has 1 aromatic heterocycles. The van der Waals surface area contributed by atoms with Crippen LogP contribution in [0.25, 0.3) is 0 Å². The van der Waals surface area contributed by atoms with E-state index < -0.39 is 11.7 Å². The zero-order valence-corrected chi connectivity index (χ0v) is 11.8. The average molecular weight is 275 g/mol. The van der Waals surface area contributed by atoms with Gasteiger partial charge in [0.2, 0.25) is 0 Å². The number of aromatic nitrogens is 1. The van der Waals surface area contributed by atoms with E-state index >= 15 is 0 Å². The highest BCUT2D eigenvalue weighted by Crippen LogP contribution is 2.22. The lowest BCUT2D eigenvalue weighted by Gasteiger charge is -2.21. The van der Waals surface area contributed by atoms with E-state index in [1.807, 2.05) is 6.07 Å². The molecule has 0 unspecified atom stereocenters. The molecule has 2 rings (SSSR count). The summed E-state index contributed by atoms with van der Waals surface area (Å²) in [7, 11) is 0. The maximum atomic E-state index is 11.8. The summed E-state index contributed by atoms with van der Waals surface area (Å²) in [5.41, 5.74) is 1.45. The Balaban J connectivity index is 2.23. The predicted molar refractivity (Wildman–Crippen MR) is 72.2 cm³/mol. The molecular formula is C14H17N3O3. The van der Waals surface area contributed by atoms with Crippen molar-refractivity contribution < 1.29 is 14.3 Å². The highest BCUT2D eigenvalue weighted by Gasteiger charge is 2.20. The molecule has 0 fully saturated rings. The van der Waals surface area contributed by atoms with Crippen LogP contribution in [0.3, 0.4) is 0 Å². The summed E-state index contributed by atoms with van der Waals surface area (Å²) in [5.74, 6) is 0.238. The fourth-order valence-electron chi connectivity index (χ4n) is 1.87. The number of hydrogen-bond donors (Lipinski definition) is 1. The van der Waals surface area contributed by atoms with E-state index in [1.165, 1.54) is 0 Å². The third-order valence-electron chi connectivity index (χ3n) is 2.67. The lowest BCUT2D eigenvalue weighted by atomic mass is 10.1. The third kappa shape index (κ3) is 3.45. The van der Waals surface area contributed by atoms with Crippen molar-refractivity contribution >= 4 is 11.9 Å². The third-order valence-corrected chi connectivity index (χ3v) is 2.67. The first kappa shape index (κ1) is 14.3. The van der Waals surface area contributed by atoms with Gasteiger partial charge in [0, 0.05) is 12.0 Å². The number of anilines is 1. The lowest BCUT2D eigenvalue weighted by Crippen LogP contribution is -2.28. The van der Waals surface area contributed by atoms with Crippen LogP contribution >= 0.6 is 0 Å². The van der Waals surface area contributed by atoms with Crippen LogP contribution in [0.4, 0.5) is 10.6 Å². The molecule has 106 valence electrons. The van der Waals surface area contributed by atoms with Crippen molar-refractivity contribution in [1.29, 1.82) is 5.26 Å². The van der Waals surface area contributed by atoms with Gasteiger partial charge in [0.05, 0.1) is 24.5 Å². The second-order valence-electron chi connectivity index (χ2n) is 5.53. The van der Waals surface area contributed by atoms with Crippen molar-refractivity contribution in [3.8, 4) is 6.07 Å². The molecule has 20 heavy (non-hydrogen) atoms. The predicted octanol–water partition coefficient (Wildman–Crippen LogP) is 2.37. The summed E-state index contributed by atoms with van der Waals surface area (Å²) >= 11 is 0. The molecule has 1 aliphatic heterocycles. The fraction of sp³-hybridized carbons (Fsp3) is 0.500. The maximum Gasteiger partial charge on any atom is 0.413 e. The van der Waals surface area contributed by atoms with Gasteiger partial charge in [0.1, 0.15) is 11.7 Å². The Morgan fingerprint density at radius 3 is 2.95 bits per heavy atom. The van der Waals surface area contributed by atoms with Crippen molar-refractivity contribution in [3.63, 3.8) is 0 Å². The minimum atomic E-state index is -0.617. The number of nitrogens with zero attached hydrogens (tertiary/aromatic N) is 2. The lowest BCUT2D eigenvalue weighted by molar-refractivity contribution is 0.0635. The van der Waals surface area contributed by atoms with Gasteiger partial charge in [-0.15, -0.1) is 0 Å². The first-order chi connectivity index (χ1) is 9.39. The summed E-state index contributed by atoms with van der Waals surface area (Å²) in [5, 5.41) is 11.7. The second kappa shape index (κ2) is 5.47. The number of hydrogen-bond acceptors (Lipinski definition) is 5. The van der Waals surface area contributed by atoms with Crippen LogP contribution in [0.5, 0.6) is 0 Å². The summed E-state index contributed by atoms with van der Waals surface area (Å²) < 4.78 is 10.5. The second-order valence-corrected chi connectivity index (χ2v) is 5.53. The molecule has 0 radical (unpaired) electrons. The molecule has 1 amide bonds. The standard InChI is InChI=1S/C14H17N3O3/c1-14(2,3)20-13(18)17-12-9(7-15)6-10-8-19-5-4-11(10)16-12/h6H,4-5,8H2,1-3H3,(H,16,17,18). The summed E-state index contributed by atoms with van der Waals surface area (Å²) in [4.78, 5) is 16.1. The average Bonchev–Trinajstić information content (AvgIpc) is 2.35. The Morgan fingerprint density at radius 1 is 1.55 bits per heavy atom. The number of nitriles is 1. The topological polar surface area (TPSA) is 84.2 Å². The number of amides is 1. The minimum absolute atomic E-state index is 0.238. The van der Waals surface area contributed by atoms with Crippen molar-refractivity contribution in [1.82, 2.24) is 4.98 Å². The van der Waals surface area contributed by atoms with Gasteiger partial charge < -0.3 is 9.47 Å². The van der Waals surface area contributed by atoms with Crippen LogP contribution in [0, 0.1) is 11.3 Å². The number of fused-ring (bicyclic) bond motifs is 1. The molecule has 0 spiro atoms. The zero-order valence-electron chi connectivity index (χ0n) is 11.8. The molecule has 0 saturated heterocycles. The van der Waals surface area contributed by atoms with Gasteiger partial charge in [-0.3, -0.25) is 5.32 Å². The van der Waals surface area contributed by atoms with Crippen LogP contribution < -0.4 is 5.32 Å². The molecule has 2 heterocycles. The summed E-state index contributed by atoms with van der Waals surface area (Å²) in [6.45, 7) is 6.36. The summed E-state index contributed by atoms with van der Waals surface area (Å²) in [6, 6.07) is 3.73. The molecule has 0 aliphatic carbocycles. The van der Waals surface area contributed by atoms with E-state index in [9.17, 15) is 4.79 Å². The molecule has 0 atom stereocenters. The Morgan fingerprint density at radius 2 is 2.30 bits per heavy atom. The van der Waals surface area contributed by atoms with E-state index in [1.54, 1.807) is 26.8 Å². The fourth-order valence-corrected chi connectivity index (χ4v) is 1.87. The smallest absolute Gasteiger partial charge is 0.413 e. The highest BCUT2D eigenvalue weighted by atomic mass is 16.6. The van der Waals surface area contributed by atoms with Crippen molar-refractivity contribution in [3.05, 3.63) is 22.9 Å². The van der Waals surface area contributed by atoms with Gasteiger partial charge in [-0.2, -0.15) is 5.26 Å². The number of rotatable bonds is 1. The molecule has 6 heteroatoms. The van der Waals surface area contributed by atoms with E-state index in [4.69, 9.17) is 14.7 Å². The van der Waals surface area contributed by atoms with E-state index in [2.05, 4.69) is 10.3 Å². The Kier molecular flexibility index (Phi) is 3.91. The van der Waals surface area contributed by atoms with E-state index in [-0.39, 0.29) is 5.82 Å². The molecule has 1 aliphatic rings. The normalized spacial score (nSPS) is 14.1. The first-order valence-electron chi connectivity index (χ1n) is 6.40. The highest BCUT2D eigenvalue weighted by molar-refractivity contribution is 5.85. The maximum absolute atomic E-state index is 11.8. The van der Waals surface area contributed by atoms with Crippen LogP contribution in [-0.4, -0.2) is 23.3 Å². The summed E-state index contributed by atoms with van der Waals surface area (Å²) in [6.07, 6.45) is 0.0536. The molecule has 1 N–H and O–H groups in total. The molecular weight excluding hydrogens is 258 g/mol. The molecule has 1 aromatic rings. The molecule has 0 aromatic carbocycles. The SMILES string of the molecule is CC(C)(C)OC(=O)Nc1nc2c(cc1C#N)COCC2. The van der Waals surface area contributed by atoms with Gasteiger partial charge in [-0.05, 0) is 26.8 Å². The van der Waals surface area contributed by atoms with Crippen molar-refractivity contribution in [2.24, 2.45) is 0 Å². The van der Waals surface area contributed by atoms with Crippen molar-refractivity contribution in [2.75, 3.05) is 11.9 Å². The zero-order chi connectivity index (χ0) is 14.8. The number of pyridine rings is 1. The number of nitrogens with one attached hydrogen (secondary N) is 1. The van der Waals surface area contributed by atoms with Gasteiger partial charge >= 0.3 is 6.09 Å².